The Morgan fingerprint density at radius 2 is 2.00 bits per heavy atom. The smallest absolute Gasteiger partial charge is 0.191 e. The van der Waals surface area contributed by atoms with Crippen LogP contribution < -0.4 is 4.74 Å². The highest BCUT2D eigenvalue weighted by Crippen LogP contribution is 2.49. The molecule has 1 saturated carbocycles. The molecule has 0 radical (unpaired) electrons. The van der Waals surface area contributed by atoms with Crippen LogP contribution in [0.2, 0.25) is 0 Å². The van der Waals surface area contributed by atoms with Crippen molar-refractivity contribution in [3.05, 3.63) is 29.8 Å². The van der Waals surface area contributed by atoms with Crippen LogP contribution in [0.1, 0.15) is 18.4 Å². The highest BCUT2D eigenvalue weighted by atomic mass is 35.5. The molecule has 0 amide bonds. The van der Waals surface area contributed by atoms with Crippen molar-refractivity contribution in [2.24, 2.45) is 0 Å². The van der Waals surface area contributed by atoms with Gasteiger partial charge in [0.15, 0.2) is 5.90 Å². The molecular formula is C12H16ClNO2. The molecule has 0 atom stereocenters. The van der Waals surface area contributed by atoms with Gasteiger partial charge in [-0.2, -0.15) is 0 Å². The lowest BCUT2D eigenvalue weighted by atomic mass is 9.95. The van der Waals surface area contributed by atoms with Crippen LogP contribution in [0.3, 0.4) is 0 Å². The summed E-state index contributed by atoms with van der Waals surface area (Å²) in [6.45, 7) is 0. The quantitative estimate of drug-likeness (QED) is 0.653. The molecule has 0 bridgehead atoms. The van der Waals surface area contributed by atoms with Crippen LogP contribution in [0, 0.1) is 5.41 Å². The summed E-state index contributed by atoms with van der Waals surface area (Å²) in [5, 5.41) is 7.80. The fourth-order valence-electron chi connectivity index (χ4n) is 1.89. The number of hydrogen-bond donors (Lipinski definition) is 1. The van der Waals surface area contributed by atoms with E-state index in [1.165, 1.54) is 0 Å². The maximum atomic E-state index is 7.80. The minimum atomic E-state index is -0.177. The standard InChI is InChI=1S/C12H15NO2.ClH/c1-14-10-5-3-4-9(8-10)12(6-7-12)11(13)15-2;/h3-5,8,13H,6-7H2,1-2H3;1H. The minimum absolute atomic E-state index is 0. The summed E-state index contributed by atoms with van der Waals surface area (Å²) in [5.41, 5.74) is 0.942. The number of benzene rings is 1. The molecule has 1 aromatic carbocycles. The van der Waals surface area contributed by atoms with Gasteiger partial charge in [0.2, 0.25) is 0 Å². The van der Waals surface area contributed by atoms with Crippen molar-refractivity contribution in [2.75, 3.05) is 14.2 Å². The number of rotatable bonds is 3. The van der Waals surface area contributed by atoms with Gasteiger partial charge < -0.3 is 9.47 Å². The first-order valence-corrected chi connectivity index (χ1v) is 5.00. The van der Waals surface area contributed by atoms with E-state index >= 15 is 0 Å². The topological polar surface area (TPSA) is 42.3 Å². The second kappa shape index (κ2) is 4.74. The number of ether oxygens (including phenoxy) is 2. The zero-order chi connectivity index (χ0) is 10.9. The molecule has 0 heterocycles. The van der Waals surface area contributed by atoms with Crippen LogP contribution in [0.25, 0.3) is 0 Å². The SMILES string of the molecule is COC(=N)C1(c2cccc(OC)c2)CC1.Cl. The number of hydrogen-bond acceptors (Lipinski definition) is 3. The summed E-state index contributed by atoms with van der Waals surface area (Å²) in [5.74, 6) is 1.19. The van der Waals surface area contributed by atoms with Gasteiger partial charge in [-0.25, -0.2) is 0 Å². The molecule has 0 saturated heterocycles. The van der Waals surface area contributed by atoms with Crippen molar-refractivity contribution in [1.29, 1.82) is 5.41 Å². The van der Waals surface area contributed by atoms with E-state index in [9.17, 15) is 0 Å². The molecule has 4 heteroatoms. The minimum Gasteiger partial charge on any atom is -0.497 e. The van der Waals surface area contributed by atoms with Crippen LogP contribution in [0.5, 0.6) is 5.75 Å². The van der Waals surface area contributed by atoms with Crippen molar-refractivity contribution in [2.45, 2.75) is 18.3 Å². The normalized spacial score (nSPS) is 15.9. The largest absolute Gasteiger partial charge is 0.497 e. The molecule has 1 aromatic rings. The second-order valence-electron chi connectivity index (χ2n) is 3.85. The van der Waals surface area contributed by atoms with E-state index in [1.807, 2.05) is 24.3 Å². The summed E-state index contributed by atoms with van der Waals surface area (Å²) in [6, 6.07) is 7.89. The van der Waals surface area contributed by atoms with E-state index in [0.29, 0.717) is 5.90 Å². The van der Waals surface area contributed by atoms with Crippen LogP contribution in [0.4, 0.5) is 0 Å². The first kappa shape index (κ1) is 12.8. The third-order valence-corrected chi connectivity index (χ3v) is 3.01. The summed E-state index contributed by atoms with van der Waals surface area (Å²) in [6.07, 6.45) is 1.99. The molecule has 16 heavy (non-hydrogen) atoms. The Bertz CT molecular complexity index is 388. The molecule has 0 aromatic heterocycles. The monoisotopic (exact) mass is 241 g/mol. The van der Waals surface area contributed by atoms with Crippen molar-refractivity contribution >= 4 is 18.3 Å². The Labute approximate surface area is 102 Å². The van der Waals surface area contributed by atoms with Crippen LogP contribution >= 0.6 is 12.4 Å². The molecule has 1 aliphatic carbocycles. The molecule has 0 spiro atoms. The average molecular weight is 242 g/mol. The van der Waals surface area contributed by atoms with Gasteiger partial charge in [0, 0.05) is 0 Å². The highest BCUT2D eigenvalue weighted by molar-refractivity contribution is 5.88. The van der Waals surface area contributed by atoms with Crippen molar-refractivity contribution < 1.29 is 9.47 Å². The van der Waals surface area contributed by atoms with Gasteiger partial charge in [0.1, 0.15) is 5.75 Å². The van der Waals surface area contributed by atoms with Gasteiger partial charge in [-0.3, -0.25) is 5.41 Å². The number of halogens is 1. The van der Waals surface area contributed by atoms with Gasteiger partial charge in [-0.1, -0.05) is 12.1 Å². The maximum absolute atomic E-state index is 7.80. The summed E-state index contributed by atoms with van der Waals surface area (Å²) in [7, 11) is 3.21. The molecular weight excluding hydrogens is 226 g/mol. The van der Waals surface area contributed by atoms with E-state index < -0.39 is 0 Å². The fraction of sp³-hybridized carbons (Fsp3) is 0.417. The highest BCUT2D eigenvalue weighted by Gasteiger charge is 2.49. The third kappa shape index (κ3) is 2.00. The molecule has 0 unspecified atom stereocenters. The summed E-state index contributed by atoms with van der Waals surface area (Å²) >= 11 is 0. The first-order chi connectivity index (χ1) is 7.23. The molecule has 2 rings (SSSR count). The van der Waals surface area contributed by atoms with Crippen molar-refractivity contribution in [1.82, 2.24) is 0 Å². The van der Waals surface area contributed by atoms with Crippen LogP contribution in [-0.4, -0.2) is 20.1 Å². The van der Waals surface area contributed by atoms with Gasteiger partial charge >= 0.3 is 0 Å². The Hall–Kier alpha value is -1.22. The van der Waals surface area contributed by atoms with E-state index in [1.54, 1.807) is 14.2 Å². The van der Waals surface area contributed by atoms with Crippen molar-refractivity contribution in [3.8, 4) is 5.75 Å². The predicted molar refractivity (Wildman–Crippen MR) is 65.9 cm³/mol. The lowest BCUT2D eigenvalue weighted by molar-refractivity contribution is 0.373. The fourth-order valence-corrected chi connectivity index (χ4v) is 1.89. The van der Waals surface area contributed by atoms with E-state index in [-0.39, 0.29) is 17.8 Å². The molecule has 1 aliphatic rings. The molecule has 88 valence electrons. The van der Waals surface area contributed by atoms with Crippen molar-refractivity contribution in [3.63, 3.8) is 0 Å². The Balaban J connectivity index is 0.00000128. The first-order valence-electron chi connectivity index (χ1n) is 5.00. The lowest BCUT2D eigenvalue weighted by Gasteiger charge is -2.16. The Morgan fingerprint density at radius 1 is 1.31 bits per heavy atom. The lowest BCUT2D eigenvalue weighted by Crippen LogP contribution is -2.21. The average Bonchev–Trinajstić information content (AvgIpc) is 3.09. The van der Waals surface area contributed by atoms with E-state index in [0.717, 1.165) is 24.2 Å². The van der Waals surface area contributed by atoms with E-state index in [4.69, 9.17) is 14.9 Å². The molecule has 3 nitrogen and oxygen atoms in total. The Morgan fingerprint density at radius 3 is 2.50 bits per heavy atom. The maximum Gasteiger partial charge on any atom is 0.191 e. The second-order valence-corrected chi connectivity index (χ2v) is 3.85. The van der Waals surface area contributed by atoms with Crippen LogP contribution in [0.15, 0.2) is 24.3 Å². The van der Waals surface area contributed by atoms with Crippen LogP contribution in [-0.2, 0) is 10.2 Å². The number of nitrogens with one attached hydrogen (secondary N) is 1. The van der Waals surface area contributed by atoms with Gasteiger partial charge in [-0.15, -0.1) is 12.4 Å². The zero-order valence-electron chi connectivity index (χ0n) is 9.45. The molecule has 1 fully saturated rings. The van der Waals surface area contributed by atoms with Gasteiger partial charge in [0.25, 0.3) is 0 Å². The predicted octanol–water partition coefficient (Wildman–Crippen LogP) is 2.77. The van der Waals surface area contributed by atoms with Gasteiger partial charge in [-0.05, 0) is 30.5 Å². The summed E-state index contributed by atoms with van der Waals surface area (Å²) in [4.78, 5) is 0. The molecule has 0 aliphatic heterocycles. The van der Waals surface area contributed by atoms with Gasteiger partial charge in [0.05, 0.1) is 19.6 Å². The number of methoxy groups -OCH3 is 2. The zero-order valence-corrected chi connectivity index (χ0v) is 10.3. The summed E-state index contributed by atoms with van der Waals surface area (Å²) < 4.78 is 10.2. The third-order valence-electron chi connectivity index (χ3n) is 3.01. The Kier molecular flexibility index (Phi) is 3.81. The molecule has 1 N–H and O–H groups in total. The van der Waals surface area contributed by atoms with E-state index in [2.05, 4.69) is 0 Å².